The molecule has 1 atom stereocenters. The minimum absolute atomic E-state index is 0.187. The lowest BCUT2D eigenvalue weighted by molar-refractivity contribution is -0.144. The molecule has 0 radical (unpaired) electrons. The van der Waals surface area contributed by atoms with E-state index in [2.05, 4.69) is 31.0 Å². The van der Waals surface area contributed by atoms with E-state index in [-0.39, 0.29) is 18.1 Å². The third kappa shape index (κ3) is 5.47. The smallest absolute Gasteiger partial charge is 0.324 e. The van der Waals surface area contributed by atoms with Crippen LogP contribution in [0.4, 0.5) is 0 Å². The number of carbonyl (C=O) groups excluding carboxylic acids is 1. The highest BCUT2D eigenvalue weighted by Gasteiger charge is 2.23. The van der Waals surface area contributed by atoms with Gasteiger partial charge in [-0.15, -0.1) is 0 Å². The number of rotatable bonds is 7. The minimum Gasteiger partial charge on any atom is -0.468 e. The second kappa shape index (κ2) is 7.63. The van der Waals surface area contributed by atoms with E-state index >= 15 is 0 Å². The minimum atomic E-state index is -0.243. The Hall–Kier alpha value is -0.610. The van der Waals surface area contributed by atoms with E-state index in [4.69, 9.17) is 4.74 Å². The highest BCUT2D eigenvalue weighted by Crippen LogP contribution is 2.02. The van der Waals surface area contributed by atoms with Gasteiger partial charge in [-0.05, 0) is 20.4 Å². The summed E-state index contributed by atoms with van der Waals surface area (Å²) in [4.78, 5) is 13.9. The predicted molar refractivity (Wildman–Crippen MR) is 66.5 cm³/mol. The summed E-state index contributed by atoms with van der Waals surface area (Å²) in [6.45, 7) is 12.1. The van der Waals surface area contributed by atoms with Crippen LogP contribution in [0.1, 0.15) is 34.6 Å². The number of carbonyl (C=O) groups is 1. The fraction of sp³-hybridized carbons (Fsp3) is 0.917. The molecule has 0 rings (SSSR count). The number of esters is 1. The van der Waals surface area contributed by atoms with E-state index in [1.54, 1.807) is 0 Å². The van der Waals surface area contributed by atoms with Crippen molar-refractivity contribution >= 4 is 5.97 Å². The molecule has 16 heavy (non-hydrogen) atoms. The summed E-state index contributed by atoms with van der Waals surface area (Å²) in [6, 6.07) is 0.466. The molecule has 0 heterocycles. The highest BCUT2D eigenvalue weighted by molar-refractivity contribution is 5.76. The summed E-state index contributed by atoms with van der Waals surface area (Å²) in [5, 5.41) is 3.23. The molecule has 0 amide bonds. The number of likely N-dealkylation sites (N-methyl/N-ethyl adjacent to an activating group) is 1. The zero-order chi connectivity index (χ0) is 12.7. The van der Waals surface area contributed by atoms with Gasteiger partial charge in [0, 0.05) is 18.6 Å². The Kier molecular flexibility index (Phi) is 7.34. The molecule has 0 aromatic rings. The van der Waals surface area contributed by atoms with Crippen LogP contribution < -0.4 is 5.32 Å². The van der Waals surface area contributed by atoms with E-state index in [1.807, 2.05) is 13.8 Å². The van der Waals surface area contributed by atoms with Gasteiger partial charge < -0.3 is 10.1 Å². The Balaban J connectivity index is 4.45. The van der Waals surface area contributed by atoms with Crippen LogP contribution >= 0.6 is 0 Å². The molecular formula is C12H26N2O2. The van der Waals surface area contributed by atoms with Crippen LogP contribution in [-0.4, -0.2) is 49.2 Å². The fourth-order valence-electron chi connectivity index (χ4n) is 1.68. The van der Waals surface area contributed by atoms with Gasteiger partial charge >= 0.3 is 5.97 Å². The van der Waals surface area contributed by atoms with Crippen LogP contribution in [0.3, 0.4) is 0 Å². The molecule has 0 spiro atoms. The standard InChI is InChI=1S/C12H26N2O2/c1-7-14(10(4)5)8-11(12(15)16-6)13-9(2)3/h9-11,13H,7-8H2,1-6H3. The van der Waals surface area contributed by atoms with E-state index < -0.39 is 0 Å². The van der Waals surface area contributed by atoms with Crippen molar-refractivity contribution in [2.45, 2.75) is 52.7 Å². The summed E-state index contributed by atoms with van der Waals surface area (Å²) in [7, 11) is 1.43. The third-order valence-corrected chi connectivity index (χ3v) is 2.57. The number of methoxy groups -OCH3 is 1. The van der Waals surface area contributed by atoms with Crippen molar-refractivity contribution in [1.82, 2.24) is 10.2 Å². The molecule has 0 aromatic heterocycles. The summed E-state index contributed by atoms with van der Waals surface area (Å²) in [6.07, 6.45) is 0. The first kappa shape index (κ1) is 15.4. The molecule has 1 unspecified atom stereocenters. The lowest BCUT2D eigenvalue weighted by Crippen LogP contribution is -2.50. The summed E-state index contributed by atoms with van der Waals surface area (Å²) < 4.78 is 4.81. The summed E-state index contributed by atoms with van der Waals surface area (Å²) >= 11 is 0. The summed E-state index contributed by atoms with van der Waals surface area (Å²) in [5.41, 5.74) is 0. The zero-order valence-corrected chi connectivity index (χ0v) is 11.4. The quantitative estimate of drug-likeness (QED) is 0.669. The molecule has 4 nitrogen and oxygen atoms in total. The van der Waals surface area contributed by atoms with Crippen molar-refractivity contribution in [2.24, 2.45) is 0 Å². The molecule has 0 aliphatic carbocycles. The zero-order valence-electron chi connectivity index (χ0n) is 11.4. The maximum absolute atomic E-state index is 11.6. The number of ether oxygens (including phenoxy) is 1. The Bertz CT molecular complexity index is 205. The average molecular weight is 230 g/mol. The van der Waals surface area contributed by atoms with Gasteiger partial charge in [0.15, 0.2) is 0 Å². The van der Waals surface area contributed by atoms with Crippen molar-refractivity contribution in [3.05, 3.63) is 0 Å². The maximum atomic E-state index is 11.6. The number of nitrogens with one attached hydrogen (secondary N) is 1. The maximum Gasteiger partial charge on any atom is 0.324 e. The SMILES string of the molecule is CCN(CC(NC(C)C)C(=O)OC)C(C)C. The van der Waals surface area contributed by atoms with Gasteiger partial charge in [-0.3, -0.25) is 9.69 Å². The molecule has 1 N–H and O–H groups in total. The molecule has 0 aromatic carbocycles. The van der Waals surface area contributed by atoms with Gasteiger partial charge in [-0.2, -0.15) is 0 Å². The van der Waals surface area contributed by atoms with E-state index in [9.17, 15) is 4.79 Å². The third-order valence-electron chi connectivity index (χ3n) is 2.57. The second-order valence-electron chi connectivity index (χ2n) is 4.58. The molecule has 4 heteroatoms. The largest absolute Gasteiger partial charge is 0.468 e. The predicted octanol–water partition coefficient (Wildman–Crippen LogP) is 1.26. The molecule has 0 saturated carbocycles. The van der Waals surface area contributed by atoms with E-state index in [1.165, 1.54) is 7.11 Å². The normalized spacial score (nSPS) is 13.6. The second-order valence-corrected chi connectivity index (χ2v) is 4.58. The van der Waals surface area contributed by atoms with E-state index in [0.717, 1.165) is 6.54 Å². The fourth-order valence-corrected chi connectivity index (χ4v) is 1.68. The van der Waals surface area contributed by atoms with Crippen molar-refractivity contribution in [3.63, 3.8) is 0 Å². The molecule has 0 bridgehead atoms. The first-order valence-corrected chi connectivity index (χ1v) is 6.00. The van der Waals surface area contributed by atoms with Crippen molar-refractivity contribution in [1.29, 1.82) is 0 Å². The summed E-state index contributed by atoms with van der Waals surface area (Å²) in [5.74, 6) is -0.187. The van der Waals surface area contributed by atoms with Gasteiger partial charge in [0.2, 0.25) is 0 Å². The van der Waals surface area contributed by atoms with Crippen molar-refractivity contribution in [3.8, 4) is 0 Å². The van der Waals surface area contributed by atoms with Crippen LogP contribution in [0.25, 0.3) is 0 Å². The molecule has 0 fully saturated rings. The molecular weight excluding hydrogens is 204 g/mol. The Morgan fingerprint density at radius 3 is 2.19 bits per heavy atom. The molecule has 96 valence electrons. The van der Waals surface area contributed by atoms with Gasteiger partial charge in [0.05, 0.1) is 7.11 Å². The Labute approximate surface area is 99.3 Å². The molecule has 0 saturated heterocycles. The number of hydrogen-bond donors (Lipinski definition) is 1. The van der Waals surface area contributed by atoms with Gasteiger partial charge in [-0.1, -0.05) is 20.8 Å². The van der Waals surface area contributed by atoms with E-state index in [0.29, 0.717) is 12.6 Å². The first-order chi connectivity index (χ1) is 7.42. The van der Waals surface area contributed by atoms with Gasteiger partial charge in [0.25, 0.3) is 0 Å². The van der Waals surface area contributed by atoms with Crippen LogP contribution in [0.2, 0.25) is 0 Å². The van der Waals surface area contributed by atoms with Gasteiger partial charge in [0.1, 0.15) is 6.04 Å². The highest BCUT2D eigenvalue weighted by atomic mass is 16.5. The Morgan fingerprint density at radius 1 is 1.31 bits per heavy atom. The Morgan fingerprint density at radius 2 is 1.88 bits per heavy atom. The molecule has 0 aliphatic rings. The lowest BCUT2D eigenvalue weighted by Gasteiger charge is -2.29. The number of nitrogens with zero attached hydrogens (tertiary/aromatic N) is 1. The molecule has 0 aliphatic heterocycles. The van der Waals surface area contributed by atoms with Crippen LogP contribution in [0.5, 0.6) is 0 Å². The lowest BCUT2D eigenvalue weighted by atomic mass is 10.2. The monoisotopic (exact) mass is 230 g/mol. The number of hydrogen-bond acceptors (Lipinski definition) is 4. The first-order valence-electron chi connectivity index (χ1n) is 6.00. The average Bonchev–Trinajstić information content (AvgIpc) is 2.21. The van der Waals surface area contributed by atoms with Crippen molar-refractivity contribution < 1.29 is 9.53 Å². The van der Waals surface area contributed by atoms with Crippen LogP contribution in [-0.2, 0) is 9.53 Å². The topological polar surface area (TPSA) is 41.6 Å². The van der Waals surface area contributed by atoms with Crippen LogP contribution in [0, 0.1) is 0 Å². The van der Waals surface area contributed by atoms with Crippen molar-refractivity contribution in [2.75, 3.05) is 20.2 Å². The van der Waals surface area contributed by atoms with Crippen LogP contribution in [0.15, 0.2) is 0 Å². The van der Waals surface area contributed by atoms with Gasteiger partial charge in [-0.25, -0.2) is 0 Å².